The minimum atomic E-state index is -4.66. The van der Waals surface area contributed by atoms with Crippen LogP contribution < -0.4 is 10.5 Å². The highest BCUT2D eigenvalue weighted by molar-refractivity contribution is 5.52. The lowest BCUT2D eigenvalue weighted by Crippen LogP contribution is -2.20. The number of alkyl halides is 3. The molecule has 1 atom stereocenters. The van der Waals surface area contributed by atoms with E-state index in [-0.39, 0.29) is 5.75 Å². The van der Waals surface area contributed by atoms with Gasteiger partial charge in [-0.2, -0.15) is 13.2 Å². The summed E-state index contributed by atoms with van der Waals surface area (Å²) in [5, 5.41) is 18.4. The SMILES string of the molecule is COc1ccc(C(F)(F)F)c(C(N)CO)c1O. The maximum Gasteiger partial charge on any atom is 0.416 e. The lowest BCUT2D eigenvalue weighted by atomic mass is 9.99. The van der Waals surface area contributed by atoms with Crippen molar-refractivity contribution in [2.45, 2.75) is 12.2 Å². The molecule has 0 heterocycles. The number of ether oxygens (including phenoxy) is 1. The number of phenols is 1. The molecule has 0 spiro atoms. The Hall–Kier alpha value is -1.47. The first-order valence-corrected chi connectivity index (χ1v) is 4.66. The van der Waals surface area contributed by atoms with Crippen LogP contribution in [0.2, 0.25) is 0 Å². The van der Waals surface area contributed by atoms with E-state index < -0.39 is 35.7 Å². The van der Waals surface area contributed by atoms with Crippen LogP contribution in [0.25, 0.3) is 0 Å². The third kappa shape index (κ3) is 2.62. The van der Waals surface area contributed by atoms with Crippen LogP contribution in [-0.2, 0) is 6.18 Å². The molecule has 0 aliphatic carbocycles. The van der Waals surface area contributed by atoms with Crippen molar-refractivity contribution in [2.75, 3.05) is 13.7 Å². The molecule has 1 aromatic rings. The second-order valence-corrected chi connectivity index (χ2v) is 3.36. The zero-order chi connectivity index (χ0) is 13.2. The van der Waals surface area contributed by atoms with Gasteiger partial charge in [-0.25, -0.2) is 0 Å². The molecular formula is C10H12F3NO3. The normalized spacial score (nSPS) is 13.5. The Balaban J connectivity index is 3.47. The molecule has 96 valence electrons. The quantitative estimate of drug-likeness (QED) is 0.759. The zero-order valence-electron chi connectivity index (χ0n) is 8.95. The Morgan fingerprint density at radius 2 is 2.00 bits per heavy atom. The number of rotatable bonds is 3. The van der Waals surface area contributed by atoms with E-state index in [2.05, 4.69) is 0 Å². The fourth-order valence-electron chi connectivity index (χ4n) is 1.47. The largest absolute Gasteiger partial charge is 0.504 e. The fourth-order valence-corrected chi connectivity index (χ4v) is 1.47. The second kappa shape index (κ2) is 4.80. The van der Waals surface area contributed by atoms with Crippen molar-refractivity contribution in [1.29, 1.82) is 0 Å². The summed E-state index contributed by atoms with van der Waals surface area (Å²) in [4.78, 5) is 0. The average molecular weight is 251 g/mol. The summed E-state index contributed by atoms with van der Waals surface area (Å²) >= 11 is 0. The number of aliphatic hydroxyl groups is 1. The molecule has 0 amide bonds. The molecule has 1 unspecified atom stereocenters. The van der Waals surface area contributed by atoms with Crippen LogP contribution in [0.1, 0.15) is 17.2 Å². The number of aromatic hydroxyl groups is 1. The molecule has 0 saturated carbocycles. The molecular weight excluding hydrogens is 239 g/mol. The van der Waals surface area contributed by atoms with Crippen LogP contribution in [0.5, 0.6) is 11.5 Å². The summed E-state index contributed by atoms with van der Waals surface area (Å²) in [5.74, 6) is -0.833. The smallest absolute Gasteiger partial charge is 0.416 e. The van der Waals surface area contributed by atoms with Crippen molar-refractivity contribution < 1.29 is 28.1 Å². The van der Waals surface area contributed by atoms with Gasteiger partial charge in [0.2, 0.25) is 0 Å². The molecule has 7 heteroatoms. The minimum absolute atomic E-state index is 0.128. The Morgan fingerprint density at radius 1 is 1.41 bits per heavy atom. The summed E-state index contributed by atoms with van der Waals surface area (Å²) in [7, 11) is 1.20. The third-order valence-electron chi connectivity index (χ3n) is 2.27. The Morgan fingerprint density at radius 3 is 2.41 bits per heavy atom. The molecule has 4 nitrogen and oxygen atoms in total. The third-order valence-corrected chi connectivity index (χ3v) is 2.27. The molecule has 0 aliphatic rings. The number of phenolic OH excluding ortho intramolecular Hbond substituents is 1. The monoisotopic (exact) mass is 251 g/mol. The van der Waals surface area contributed by atoms with Crippen molar-refractivity contribution in [3.8, 4) is 11.5 Å². The van der Waals surface area contributed by atoms with Gasteiger partial charge in [0.25, 0.3) is 0 Å². The van der Waals surface area contributed by atoms with E-state index in [9.17, 15) is 18.3 Å². The van der Waals surface area contributed by atoms with Gasteiger partial charge in [-0.3, -0.25) is 0 Å². The van der Waals surface area contributed by atoms with E-state index >= 15 is 0 Å². The molecule has 0 fully saturated rings. The van der Waals surface area contributed by atoms with Gasteiger partial charge < -0.3 is 20.7 Å². The predicted octanol–water partition coefficient (Wildman–Crippen LogP) is 1.41. The van der Waals surface area contributed by atoms with E-state index in [1.165, 1.54) is 7.11 Å². The number of halogens is 3. The summed E-state index contributed by atoms with van der Waals surface area (Å²) in [6.45, 7) is -0.718. The second-order valence-electron chi connectivity index (χ2n) is 3.36. The lowest BCUT2D eigenvalue weighted by Gasteiger charge is -2.19. The van der Waals surface area contributed by atoms with E-state index in [0.29, 0.717) is 0 Å². The van der Waals surface area contributed by atoms with Gasteiger partial charge in [-0.05, 0) is 12.1 Å². The topological polar surface area (TPSA) is 75.7 Å². The van der Waals surface area contributed by atoms with Crippen LogP contribution in [0.3, 0.4) is 0 Å². The number of methoxy groups -OCH3 is 1. The first-order valence-electron chi connectivity index (χ1n) is 4.66. The van der Waals surface area contributed by atoms with Gasteiger partial charge in [-0.15, -0.1) is 0 Å². The highest BCUT2D eigenvalue weighted by Crippen LogP contribution is 2.42. The van der Waals surface area contributed by atoms with Crippen molar-refractivity contribution in [3.63, 3.8) is 0 Å². The van der Waals surface area contributed by atoms with Crippen molar-refractivity contribution in [2.24, 2.45) is 5.73 Å². The van der Waals surface area contributed by atoms with E-state index in [4.69, 9.17) is 15.6 Å². The van der Waals surface area contributed by atoms with Crippen LogP contribution in [0, 0.1) is 0 Å². The molecule has 17 heavy (non-hydrogen) atoms. The number of hydrogen-bond donors (Lipinski definition) is 3. The first kappa shape index (κ1) is 13.6. The van der Waals surface area contributed by atoms with Gasteiger partial charge in [0.1, 0.15) is 0 Å². The van der Waals surface area contributed by atoms with Gasteiger partial charge in [0.15, 0.2) is 11.5 Å². The van der Waals surface area contributed by atoms with Gasteiger partial charge in [-0.1, -0.05) is 0 Å². The highest BCUT2D eigenvalue weighted by Gasteiger charge is 2.37. The molecule has 0 saturated heterocycles. The number of aliphatic hydroxyl groups excluding tert-OH is 1. The zero-order valence-corrected chi connectivity index (χ0v) is 8.95. The maximum atomic E-state index is 12.7. The Kier molecular flexibility index (Phi) is 3.84. The van der Waals surface area contributed by atoms with E-state index in [1.807, 2.05) is 0 Å². The van der Waals surface area contributed by atoms with Gasteiger partial charge >= 0.3 is 6.18 Å². The minimum Gasteiger partial charge on any atom is -0.504 e. The Bertz CT molecular complexity index is 407. The summed E-state index contributed by atoms with van der Waals surface area (Å²) in [5.41, 5.74) is 3.69. The standard InChI is InChI=1S/C10H12F3NO3/c1-17-7-3-2-5(10(11,12)13)8(9(7)16)6(14)4-15/h2-3,6,15-16H,4,14H2,1H3. The molecule has 0 bridgehead atoms. The van der Waals surface area contributed by atoms with Crippen LogP contribution >= 0.6 is 0 Å². The van der Waals surface area contributed by atoms with Gasteiger partial charge in [0.05, 0.1) is 25.3 Å². The molecule has 1 aromatic carbocycles. The molecule has 0 radical (unpaired) electrons. The van der Waals surface area contributed by atoms with Crippen LogP contribution in [0.4, 0.5) is 13.2 Å². The molecule has 0 aliphatic heterocycles. The van der Waals surface area contributed by atoms with Crippen molar-refractivity contribution >= 4 is 0 Å². The summed E-state index contributed by atoms with van der Waals surface area (Å²) in [6.07, 6.45) is -4.66. The van der Waals surface area contributed by atoms with Crippen molar-refractivity contribution in [3.05, 3.63) is 23.3 Å². The maximum absolute atomic E-state index is 12.7. The molecule has 1 rings (SSSR count). The number of hydrogen-bond acceptors (Lipinski definition) is 4. The predicted molar refractivity (Wildman–Crippen MR) is 53.7 cm³/mol. The lowest BCUT2D eigenvalue weighted by molar-refractivity contribution is -0.138. The average Bonchev–Trinajstić information content (AvgIpc) is 2.26. The highest BCUT2D eigenvalue weighted by atomic mass is 19.4. The molecule has 0 aromatic heterocycles. The van der Waals surface area contributed by atoms with E-state index in [0.717, 1.165) is 12.1 Å². The first-order chi connectivity index (χ1) is 7.82. The van der Waals surface area contributed by atoms with Crippen LogP contribution in [-0.4, -0.2) is 23.9 Å². The number of nitrogens with two attached hydrogens (primary N) is 1. The summed E-state index contributed by atoms with van der Waals surface area (Å²) < 4.78 is 42.7. The van der Waals surface area contributed by atoms with Gasteiger partial charge in [0, 0.05) is 5.56 Å². The fraction of sp³-hybridized carbons (Fsp3) is 0.400. The van der Waals surface area contributed by atoms with Crippen molar-refractivity contribution in [1.82, 2.24) is 0 Å². The number of benzene rings is 1. The summed E-state index contributed by atoms with van der Waals surface area (Å²) in [6, 6.07) is 0.413. The Labute approximate surface area is 95.4 Å². The van der Waals surface area contributed by atoms with Crippen LogP contribution in [0.15, 0.2) is 12.1 Å². The van der Waals surface area contributed by atoms with E-state index in [1.54, 1.807) is 0 Å². The molecule has 4 N–H and O–H groups in total.